The minimum Gasteiger partial charge on any atom is -0.457 e. The number of rotatable bonds is 5. The van der Waals surface area contributed by atoms with Gasteiger partial charge in [0.1, 0.15) is 0 Å². The molecular weight excluding hydrogens is 719 g/mol. The monoisotopic (exact) mass is 753 g/mol. The Morgan fingerprint density at radius 3 is 2.16 bits per heavy atom. The van der Waals surface area contributed by atoms with Gasteiger partial charge in [-0.15, -0.1) is 47.5 Å². The van der Waals surface area contributed by atoms with Gasteiger partial charge in [0.25, 0.3) is 0 Å². The molecule has 0 aliphatic carbocycles. The van der Waals surface area contributed by atoms with Gasteiger partial charge in [-0.1, -0.05) is 97.8 Å². The molecule has 0 unspecified atom stereocenters. The van der Waals surface area contributed by atoms with Gasteiger partial charge in [0.15, 0.2) is 0 Å². The first kappa shape index (κ1) is 26.9. The van der Waals surface area contributed by atoms with E-state index in [9.17, 15) is 0 Å². The predicted molar refractivity (Wildman–Crippen MR) is 174 cm³/mol. The van der Waals surface area contributed by atoms with Crippen molar-refractivity contribution in [1.82, 2.24) is 15.0 Å². The Morgan fingerprint density at radius 2 is 1.50 bits per heavy atom. The molecule has 7 rings (SSSR count). The van der Waals surface area contributed by atoms with E-state index < -0.39 is 6.85 Å². The summed E-state index contributed by atoms with van der Waals surface area (Å²) in [5, 5.41) is 0. The molecular formula is C39H31IrN3O-2. The van der Waals surface area contributed by atoms with Gasteiger partial charge < -0.3 is 14.4 Å². The average molecular weight is 753 g/mol. The summed E-state index contributed by atoms with van der Waals surface area (Å²) >= 11 is 0. The van der Waals surface area contributed by atoms with Crippen molar-refractivity contribution in [3.8, 4) is 45.1 Å². The van der Waals surface area contributed by atoms with Gasteiger partial charge in [-0.25, -0.2) is 0 Å². The van der Waals surface area contributed by atoms with E-state index in [4.69, 9.17) is 13.5 Å². The molecule has 4 aromatic carbocycles. The zero-order chi connectivity index (χ0) is 32.1. The van der Waals surface area contributed by atoms with Crippen molar-refractivity contribution in [1.29, 1.82) is 0 Å². The number of hydrogen-bond donors (Lipinski definition) is 0. The van der Waals surface area contributed by atoms with Gasteiger partial charge >= 0.3 is 0 Å². The average Bonchev–Trinajstić information content (AvgIpc) is 3.54. The number of nitrogens with zero attached hydrogens (tertiary/aromatic N) is 3. The predicted octanol–water partition coefficient (Wildman–Crippen LogP) is 10.0. The molecule has 0 fully saturated rings. The Bertz CT molecular complexity index is 2050. The van der Waals surface area contributed by atoms with Crippen LogP contribution in [0, 0.1) is 19.0 Å². The van der Waals surface area contributed by atoms with Crippen LogP contribution in [0.4, 0.5) is 0 Å². The van der Waals surface area contributed by atoms with Crippen molar-refractivity contribution in [3.05, 3.63) is 151 Å². The van der Waals surface area contributed by atoms with Crippen molar-refractivity contribution in [3.63, 3.8) is 0 Å². The largest absolute Gasteiger partial charge is 0.457 e. The molecule has 4 nitrogen and oxygen atoms in total. The molecule has 44 heavy (non-hydrogen) atoms. The standard InChI is InChI=1S/C27H21N2O.C12H10N.Ir/c1-18(2)21-13-14-28-24(16-21)22-15-23(19-9-5-3-6-10-19)26-25(17-22)30-27(29-26)20-11-7-4-8-12-20;1-10-7-8-12(13-9-10)11-5-3-2-4-6-11;/h3-16,18H,1-2H3;2-5,7-9H,1H3;/q2*-1;/i;1D3;. The fourth-order valence-electron chi connectivity index (χ4n) is 4.70. The van der Waals surface area contributed by atoms with Gasteiger partial charge in [0.2, 0.25) is 5.89 Å². The quantitative estimate of drug-likeness (QED) is 0.164. The van der Waals surface area contributed by atoms with Crippen LogP contribution >= 0.6 is 0 Å². The number of aromatic nitrogens is 3. The number of benzene rings is 4. The molecule has 0 N–H and O–H groups in total. The Labute approximate surface area is 276 Å². The van der Waals surface area contributed by atoms with Crippen LogP contribution in [0.15, 0.2) is 132 Å². The number of pyridine rings is 2. The topological polar surface area (TPSA) is 51.8 Å². The third-order valence-electron chi connectivity index (χ3n) is 7.00. The molecule has 0 saturated carbocycles. The van der Waals surface area contributed by atoms with Crippen LogP contribution in [0.3, 0.4) is 0 Å². The normalized spacial score (nSPS) is 11.9. The molecule has 7 aromatic rings. The van der Waals surface area contributed by atoms with Crippen molar-refractivity contribution in [2.75, 3.05) is 0 Å². The van der Waals surface area contributed by atoms with E-state index in [0.29, 0.717) is 17.4 Å². The number of hydrogen-bond acceptors (Lipinski definition) is 4. The molecule has 219 valence electrons. The molecule has 3 aromatic heterocycles. The molecule has 0 saturated heterocycles. The van der Waals surface area contributed by atoms with E-state index in [1.54, 1.807) is 18.2 Å². The first-order valence-electron chi connectivity index (χ1n) is 15.6. The van der Waals surface area contributed by atoms with Crippen molar-refractivity contribution < 1.29 is 28.6 Å². The van der Waals surface area contributed by atoms with E-state index >= 15 is 0 Å². The second-order valence-electron chi connectivity index (χ2n) is 10.4. The van der Waals surface area contributed by atoms with E-state index in [1.807, 2.05) is 72.9 Å². The van der Waals surface area contributed by atoms with Crippen LogP contribution in [-0.4, -0.2) is 15.0 Å². The first-order chi connectivity index (χ1) is 22.3. The Morgan fingerprint density at radius 1 is 0.750 bits per heavy atom. The first-order valence-corrected chi connectivity index (χ1v) is 14.1. The maximum Gasteiger partial charge on any atom is 0.215 e. The fraction of sp³-hybridized carbons (Fsp3) is 0.103. The molecule has 5 heteroatoms. The summed E-state index contributed by atoms with van der Waals surface area (Å²) in [6, 6.07) is 43.7. The van der Waals surface area contributed by atoms with Crippen LogP contribution in [0.25, 0.3) is 56.2 Å². The molecule has 0 amide bonds. The summed E-state index contributed by atoms with van der Waals surface area (Å²) in [7, 11) is 0. The maximum absolute atomic E-state index is 7.23. The second kappa shape index (κ2) is 14.2. The molecule has 0 aliphatic heterocycles. The zero-order valence-electron chi connectivity index (χ0n) is 27.3. The number of aryl methyl sites for hydroxylation is 1. The summed E-state index contributed by atoms with van der Waals surface area (Å²) in [6.45, 7) is 2.28. The Kier molecular flexibility index (Phi) is 8.67. The molecule has 1 radical (unpaired) electrons. The van der Waals surface area contributed by atoms with Crippen LogP contribution < -0.4 is 0 Å². The van der Waals surface area contributed by atoms with E-state index in [1.165, 1.54) is 11.8 Å². The smallest absolute Gasteiger partial charge is 0.215 e. The fourth-order valence-corrected chi connectivity index (χ4v) is 4.70. The van der Waals surface area contributed by atoms with Crippen LogP contribution in [0.5, 0.6) is 0 Å². The summed E-state index contributed by atoms with van der Waals surface area (Å²) in [5.74, 6) is 1.03. The zero-order valence-corrected chi connectivity index (χ0v) is 26.7. The van der Waals surface area contributed by atoms with Crippen molar-refractivity contribution >= 4 is 11.1 Å². The number of fused-ring (bicyclic) bond motifs is 1. The van der Waals surface area contributed by atoms with Gasteiger partial charge in [0, 0.05) is 47.7 Å². The third-order valence-corrected chi connectivity index (χ3v) is 7.00. The minimum atomic E-state index is -2.09. The molecule has 0 aliphatic rings. The van der Waals surface area contributed by atoms with E-state index in [-0.39, 0.29) is 25.7 Å². The van der Waals surface area contributed by atoms with Gasteiger partial charge in [-0.2, -0.15) is 0 Å². The summed E-state index contributed by atoms with van der Waals surface area (Å²) in [5.41, 5.74) is 9.39. The molecule has 0 spiro atoms. The van der Waals surface area contributed by atoms with Gasteiger partial charge in [0.05, 0.1) is 5.58 Å². The SMILES string of the molecule is CC(C)c1ccnc(-c2[c-]c3oc(-c4ccccc4)nc3c(-c3ccccc3)c2)c1.[2H]C([2H])([2H])c1ccc(-c2[c-]cccc2)nc1.[Ir]. The molecule has 0 atom stereocenters. The van der Waals surface area contributed by atoms with Gasteiger partial charge in [-0.3, -0.25) is 4.98 Å². The molecule has 0 bridgehead atoms. The van der Waals surface area contributed by atoms with E-state index in [0.717, 1.165) is 44.7 Å². The maximum atomic E-state index is 7.23. The number of oxazole rings is 1. The van der Waals surface area contributed by atoms with E-state index in [2.05, 4.69) is 66.3 Å². The van der Waals surface area contributed by atoms with Crippen molar-refractivity contribution in [2.24, 2.45) is 0 Å². The van der Waals surface area contributed by atoms with Crippen LogP contribution in [0.1, 0.15) is 35.0 Å². The third kappa shape index (κ3) is 7.08. The summed E-state index contributed by atoms with van der Waals surface area (Å²) in [4.78, 5) is 13.6. The second-order valence-corrected chi connectivity index (χ2v) is 10.4. The van der Waals surface area contributed by atoms with Crippen molar-refractivity contribution in [2.45, 2.75) is 26.6 Å². The Hall–Kier alpha value is -4.70. The Balaban J connectivity index is 0.000000217. The summed E-state index contributed by atoms with van der Waals surface area (Å²) < 4.78 is 27.9. The van der Waals surface area contributed by atoms with Crippen LogP contribution in [-0.2, 0) is 20.1 Å². The molecule has 3 heterocycles. The van der Waals surface area contributed by atoms with Gasteiger partial charge in [-0.05, 0) is 53.5 Å². The summed E-state index contributed by atoms with van der Waals surface area (Å²) in [6.07, 6.45) is 3.25. The minimum absolute atomic E-state index is 0. The van der Waals surface area contributed by atoms with Crippen LogP contribution in [0.2, 0.25) is 0 Å².